The first-order valence-electron chi connectivity index (χ1n) is 7.43. The maximum atomic E-state index is 11.7. The summed E-state index contributed by atoms with van der Waals surface area (Å²) in [5.41, 5.74) is 2.66. The lowest BCUT2D eigenvalue weighted by atomic mass is 9.86. The highest BCUT2D eigenvalue weighted by molar-refractivity contribution is 5.68. The zero-order valence-corrected chi connectivity index (χ0v) is 13.5. The predicted octanol–water partition coefficient (Wildman–Crippen LogP) is 3.17. The molecular weight excluding hydrogens is 266 g/mol. The van der Waals surface area contributed by atoms with Crippen molar-refractivity contribution in [2.24, 2.45) is 0 Å². The van der Waals surface area contributed by atoms with Gasteiger partial charge in [0.05, 0.1) is 11.4 Å². The van der Waals surface area contributed by atoms with Crippen molar-refractivity contribution in [2.45, 2.75) is 65.1 Å². The summed E-state index contributed by atoms with van der Waals surface area (Å²) >= 11 is 0. The number of rotatable bonds is 3. The van der Waals surface area contributed by atoms with Crippen LogP contribution in [0.1, 0.15) is 45.0 Å². The van der Waals surface area contributed by atoms with Crippen LogP contribution in [0.4, 0.5) is 10.5 Å². The maximum absolute atomic E-state index is 11.7. The lowest BCUT2D eigenvalue weighted by Crippen LogP contribution is -2.50. The summed E-state index contributed by atoms with van der Waals surface area (Å²) in [6.45, 7) is 9.59. The van der Waals surface area contributed by atoms with Crippen LogP contribution >= 0.6 is 0 Å². The fraction of sp³-hybridized carbons (Fsp3) is 0.625. The number of nitrogens with zero attached hydrogens (tertiary/aromatic N) is 1. The molecule has 1 heterocycles. The number of nitrogens with one attached hydrogen (secondary N) is 2. The molecule has 5 heteroatoms. The highest BCUT2D eigenvalue weighted by Crippen LogP contribution is 2.25. The van der Waals surface area contributed by atoms with E-state index in [1.807, 2.05) is 40.7 Å². The Labute approximate surface area is 126 Å². The molecular formula is C16H25N3O2. The van der Waals surface area contributed by atoms with Gasteiger partial charge < -0.3 is 15.4 Å². The monoisotopic (exact) mass is 291 g/mol. The van der Waals surface area contributed by atoms with Gasteiger partial charge in [0.15, 0.2) is 0 Å². The number of anilines is 1. The van der Waals surface area contributed by atoms with Gasteiger partial charge in [0, 0.05) is 17.8 Å². The molecule has 1 aromatic heterocycles. The summed E-state index contributed by atoms with van der Waals surface area (Å²) in [5, 5.41) is 6.37. The van der Waals surface area contributed by atoms with Crippen molar-refractivity contribution < 1.29 is 9.53 Å². The van der Waals surface area contributed by atoms with Crippen molar-refractivity contribution in [3.05, 3.63) is 23.5 Å². The molecule has 21 heavy (non-hydrogen) atoms. The molecule has 2 rings (SSSR count). The van der Waals surface area contributed by atoms with Crippen LogP contribution in [0, 0.1) is 13.8 Å². The number of amides is 1. The summed E-state index contributed by atoms with van der Waals surface area (Å²) in [4.78, 5) is 16.1. The Morgan fingerprint density at radius 3 is 2.48 bits per heavy atom. The number of aryl methyl sites for hydroxylation is 2. The average Bonchev–Trinajstić information content (AvgIpc) is 2.26. The first-order valence-corrected chi connectivity index (χ1v) is 7.43. The molecule has 0 atom stereocenters. The molecule has 0 radical (unpaired) electrons. The Morgan fingerprint density at radius 2 is 1.90 bits per heavy atom. The maximum Gasteiger partial charge on any atom is 0.407 e. The number of hydrogen-bond donors (Lipinski definition) is 2. The molecule has 0 aromatic carbocycles. The summed E-state index contributed by atoms with van der Waals surface area (Å²) in [6.07, 6.45) is 1.48. The Balaban J connectivity index is 1.75. The molecule has 1 aliphatic carbocycles. The Morgan fingerprint density at radius 1 is 1.24 bits per heavy atom. The minimum atomic E-state index is -0.448. The second-order valence-corrected chi connectivity index (χ2v) is 6.74. The second-order valence-electron chi connectivity index (χ2n) is 6.74. The Hall–Kier alpha value is -1.78. The summed E-state index contributed by atoms with van der Waals surface area (Å²) in [6, 6.07) is 4.64. The fourth-order valence-corrected chi connectivity index (χ4v) is 2.39. The van der Waals surface area contributed by atoms with Gasteiger partial charge in [0.2, 0.25) is 0 Å². The number of carbonyl (C=O) groups excluding carboxylic acids is 1. The number of aromatic nitrogens is 1. The first kappa shape index (κ1) is 15.6. The van der Waals surface area contributed by atoms with E-state index in [9.17, 15) is 4.79 Å². The van der Waals surface area contributed by atoms with E-state index >= 15 is 0 Å². The number of pyridine rings is 1. The number of carbonyl (C=O) groups is 1. The third kappa shape index (κ3) is 4.62. The van der Waals surface area contributed by atoms with Gasteiger partial charge in [0.25, 0.3) is 0 Å². The lowest BCUT2D eigenvalue weighted by molar-refractivity contribution is 0.0475. The zero-order chi connectivity index (χ0) is 15.6. The Kier molecular flexibility index (Phi) is 4.40. The van der Waals surface area contributed by atoms with Crippen LogP contribution in [0.3, 0.4) is 0 Å². The molecule has 116 valence electrons. The predicted molar refractivity (Wildman–Crippen MR) is 83.5 cm³/mol. The highest BCUT2D eigenvalue weighted by Gasteiger charge is 2.31. The summed E-state index contributed by atoms with van der Waals surface area (Å²) in [7, 11) is 0. The molecule has 1 saturated carbocycles. The van der Waals surface area contributed by atoms with E-state index in [0.29, 0.717) is 6.04 Å². The number of alkyl carbamates (subject to hydrolysis) is 1. The van der Waals surface area contributed by atoms with Gasteiger partial charge in [0.1, 0.15) is 5.60 Å². The van der Waals surface area contributed by atoms with E-state index in [2.05, 4.69) is 21.7 Å². The van der Waals surface area contributed by atoms with Gasteiger partial charge in [-0.05, 0) is 59.6 Å². The van der Waals surface area contributed by atoms with Crippen molar-refractivity contribution in [1.82, 2.24) is 10.3 Å². The van der Waals surface area contributed by atoms with Crippen molar-refractivity contribution in [3.63, 3.8) is 0 Å². The second kappa shape index (κ2) is 5.92. The van der Waals surface area contributed by atoms with Crippen LogP contribution in [0.5, 0.6) is 0 Å². The van der Waals surface area contributed by atoms with Gasteiger partial charge in [-0.1, -0.05) is 0 Å². The molecule has 0 unspecified atom stereocenters. The quantitative estimate of drug-likeness (QED) is 0.898. The third-order valence-corrected chi connectivity index (χ3v) is 3.44. The summed E-state index contributed by atoms with van der Waals surface area (Å²) in [5.74, 6) is 0. The first-order chi connectivity index (χ1) is 9.73. The van der Waals surface area contributed by atoms with E-state index in [1.54, 1.807) is 0 Å². The minimum Gasteiger partial charge on any atom is -0.444 e. The van der Waals surface area contributed by atoms with E-state index in [0.717, 1.165) is 29.9 Å². The largest absolute Gasteiger partial charge is 0.444 e. The molecule has 2 N–H and O–H groups in total. The molecule has 0 bridgehead atoms. The van der Waals surface area contributed by atoms with E-state index in [1.165, 1.54) is 0 Å². The van der Waals surface area contributed by atoms with E-state index in [-0.39, 0.29) is 12.1 Å². The fourth-order valence-electron chi connectivity index (χ4n) is 2.39. The van der Waals surface area contributed by atoms with Gasteiger partial charge in [-0.25, -0.2) is 4.79 Å². The van der Waals surface area contributed by atoms with Crippen LogP contribution in [0.2, 0.25) is 0 Å². The average molecular weight is 291 g/mol. The number of ether oxygens (including phenoxy) is 1. The van der Waals surface area contributed by atoms with Crippen LogP contribution < -0.4 is 10.6 Å². The van der Waals surface area contributed by atoms with Crippen molar-refractivity contribution in [2.75, 3.05) is 5.32 Å². The van der Waals surface area contributed by atoms with Gasteiger partial charge in [-0.15, -0.1) is 0 Å². The van der Waals surface area contributed by atoms with Crippen molar-refractivity contribution in [1.29, 1.82) is 0 Å². The van der Waals surface area contributed by atoms with Crippen LogP contribution in [-0.2, 0) is 4.74 Å². The lowest BCUT2D eigenvalue weighted by Gasteiger charge is -2.37. The van der Waals surface area contributed by atoms with Gasteiger partial charge in [-0.2, -0.15) is 0 Å². The van der Waals surface area contributed by atoms with Gasteiger partial charge in [-0.3, -0.25) is 4.98 Å². The molecule has 1 aromatic rings. The normalized spacial score (nSPS) is 21.4. The Bertz CT molecular complexity index is 517. The molecule has 1 amide bonds. The SMILES string of the molecule is Cc1ccc(NC2CC(NC(=O)OC(C)(C)C)C2)c(C)n1. The zero-order valence-electron chi connectivity index (χ0n) is 13.5. The molecule has 0 spiro atoms. The van der Waals surface area contributed by atoms with Gasteiger partial charge >= 0.3 is 6.09 Å². The summed E-state index contributed by atoms with van der Waals surface area (Å²) < 4.78 is 5.25. The number of hydrogen-bond acceptors (Lipinski definition) is 4. The van der Waals surface area contributed by atoms with Crippen LogP contribution in [0.25, 0.3) is 0 Å². The van der Waals surface area contributed by atoms with Crippen molar-refractivity contribution in [3.8, 4) is 0 Å². The van der Waals surface area contributed by atoms with E-state index < -0.39 is 5.60 Å². The minimum absolute atomic E-state index is 0.191. The van der Waals surface area contributed by atoms with E-state index in [4.69, 9.17) is 4.74 Å². The molecule has 1 aliphatic rings. The molecule has 1 fully saturated rings. The smallest absolute Gasteiger partial charge is 0.407 e. The van der Waals surface area contributed by atoms with Crippen molar-refractivity contribution >= 4 is 11.8 Å². The topological polar surface area (TPSA) is 63.2 Å². The third-order valence-electron chi connectivity index (χ3n) is 3.44. The van der Waals surface area contributed by atoms with Crippen LogP contribution in [-0.4, -0.2) is 28.8 Å². The van der Waals surface area contributed by atoms with Crippen LogP contribution in [0.15, 0.2) is 12.1 Å². The molecule has 5 nitrogen and oxygen atoms in total. The standard InChI is InChI=1S/C16H25N3O2/c1-10-6-7-14(11(2)17-10)18-12-8-13(9-12)19-15(20)21-16(3,4)5/h6-7,12-13,18H,8-9H2,1-5H3,(H,19,20). The highest BCUT2D eigenvalue weighted by atomic mass is 16.6. The molecule has 0 aliphatic heterocycles. The molecule has 0 saturated heterocycles.